The standard InChI is InChI=1S/C22H23FN4O/c23-18-10-6-9-17(13-18)19-15-24-21(26-19)20-11-4-5-12-27(20)22(28)25-14-16-7-2-1-3-8-16/h1-3,6-10,13,15,20H,4-5,11-12,14H2,(H,24,26)(H,25,28). The average Bonchev–Trinajstić information content (AvgIpc) is 3.23. The highest BCUT2D eigenvalue weighted by Crippen LogP contribution is 2.30. The number of benzene rings is 2. The van der Waals surface area contributed by atoms with Crippen molar-refractivity contribution in [2.45, 2.75) is 31.8 Å². The molecule has 1 unspecified atom stereocenters. The highest BCUT2D eigenvalue weighted by atomic mass is 19.1. The van der Waals surface area contributed by atoms with E-state index in [2.05, 4.69) is 15.3 Å². The largest absolute Gasteiger partial charge is 0.340 e. The molecule has 0 saturated carbocycles. The van der Waals surface area contributed by atoms with Gasteiger partial charge in [-0.1, -0.05) is 42.5 Å². The second-order valence-corrected chi connectivity index (χ2v) is 7.04. The quantitative estimate of drug-likeness (QED) is 0.694. The minimum atomic E-state index is -0.284. The second kappa shape index (κ2) is 8.25. The van der Waals surface area contributed by atoms with Crippen LogP contribution in [0.3, 0.4) is 0 Å². The number of hydrogen-bond acceptors (Lipinski definition) is 2. The summed E-state index contributed by atoms with van der Waals surface area (Å²) >= 11 is 0. The normalized spacial score (nSPS) is 16.8. The van der Waals surface area contributed by atoms with Gasteiger partial charge in [-0.15, -0.1) is 0 Å². The van der Waals surface area contributed by atoms with Crippen LogP contribution in [0.25, 0.3) is 11.3 Å². The Morgan fingerprint density at radius 2 is 2.04 bits per heavy atom. The molecule has 28 heavy (non-hydrogen) atoms. The zero-order valence-corrected chi connectivity index (χ0v) is 15.6. The van der Waals surface area contributed by atoms with E-state index in [4.69, 9.17) is 0 Å². The maximum atomic E-state index is 13.5. The van der Waals surface area contributed by atoms with Gasteiger partial charge < -0.3 is 15.2 Å². The van der Waals surface area contributed by atoms with Gasteiger partial charge in [-0.25, -0.2) is 14.2 Å². The first-order valence-electron chi connectivity index (χ1n) is 9.60. The summed E-state index contributed by atoms with van der Waals surface area (Å²) in [6.07, 6.45) is 4.59. The van der Waals surface area contributed by atoms with Crippen molar-refractivity contribution >= 4 is 6.03 Å². The van der Waals surface area contributed by atoms with E-state index in [0.29, 0.717) is 13.1 Å². The number of hydrogen-bond donors (Lipinski definition) is 2. The van der Waals surface area contributed by atoms with Crippen molar-refractivity contribution in [1.82, 2.24) is 20.2 Å². The summed E-state index contributed by atoms with van der Waals surface area (Å²) in [5.74, 6) is 0.460. The summed E-state index contributed by atoms with van der Waals surface area (Å²) in [5.41, 5.74) is 2.56. The number of piperidine rings is 1. The first kappa shape index (κ1) is 18.2. The number of nitrogens with zero attached hydrogens (tertiary/aromatic N) is 2. The maximum absolute atomic E-state index is 13.5. The number of carbonyl (C=O) groups excluding carboxylic acids is 1. The molecule has 2 N–H and O–H groups in total. The Labute approximate surface area is 163 Å². The SMILES string of the molecule is O=C(NCc1ccccc1)N1CCCCC1c1ncc(-c2cccc(F)c2)[nH]1. The molecule has 3 aromatic rings. The van der Waals surface area contributed by atoms with Crippen LogP contribution in [0.2, 0.25) is 0 Å². The third-order valence-electron chi connectivity index (χ3n) is 5.10. The van der Waals surface area contributed by atoms with E-state index < -0.39 is 0 Å². The molecule has 5 nitrogen and oxygen atoms in total. The number of aromatic nitrogens is 2. The summed E-state index contributed by atoms with van der Waals surface area (Å²) in [7, 11) is 0. The van der Waals surface area contributed by atoms with Gasteiger partial charge in [-0.2, -0.15) is 0 Å². The van der Waals surface area contributed by atoms with Crippen LogP contribution in [0.15, 0.2) is 60.8 Å². The number of rotatable bonds is 4. The molecule has 6 heteroatoms. The molecule has 0 bridgehead atoms. The summed E-state index contributed by atoms with van der Waals surface area (Å²) in [6.45, 7) is 1.19. The van der Waals surface area contributed by atoms with Crippen molar-refractivity contribution in [3.05, 3.63) is 78.0 Å². The molecular formula is C22H23FN4O. The molecule has 1 saturated heterocycles. The number of nitrogens with one attached hydrogen (secondary N) is 2. The fraction of sp³-hybridized carbons (Fsp3) is 0.273. The number of aromatic amines is 1. The van der Waals surface area contributed by atoms with Gasteiger partial charge in [0.1, 0.15) is 11.6 Å². The van der Waals surface area contributed by atoms with Gasteiger partial charge in [0.2, 0.25) is 0 Å². The molecule has 1 aliphatic rings. The Balaban J connectivity index is 1.48. The Morgan fingerprint density at radius 3 is 2.86 bits per heavy atom. The summed E-state index contributed by atoms with van der Waals surface area (Å²) in [4.78, 5) is 22.4. The molecule has 2 aromatic carbocycles. The highest BCUT2D eigenvalue weighted by Gasteiger charge is 2.30. The van der Waals surface area contributed by atoms with Crippen molar-refractivity contribution in [1.29, 1.82) is 0 Å². The van der Waals surface area contributed by atoms with E-state index in [0.717, 1.165) is 41.9 Å². The van der Waals surface area contributed by atoms with Gasteiger partial charge in [0.15, 0.2) is 0 Å². The van der Waals surface area contributed by atoms with Crippen molar-refractivity contribution in [2.24, 2.45) is 0 Å². The van der Waals surface area contributed by atoms with Crippen molar-refractivity contribution in [3.8, 4) is 11.3 Å². The second-order valence-electron chi connectivity index (χ2n) is 7.04. The Kier molecular flexibility index (Phi) is 5.37. The molecule has 4 rings (SSSR count). The molecule has 1 atom stereocenters. The Hall–Kier alpha value is -3.15. The van der Waals surface area contributed by atoms with Crippen LogP contribution in [0.1, 0.15) is 36.7 Å². The number of urea groups is 1. The number of carbonyl (C=O) groups is 1. The highest BCUT2D eigenvalue weighted by molar-refractivity contribution is 5.74. The van der Waals surface area contributed by atoms with Crippen LogP contribution < -0.4 is 5.32 Å². The van der Waals surface area contributed by atoms with E-state index in [1.54, 1.807) is 12.3 Å². The average molecular weight is 378 g/mol. The summed E-state index contributed by atoms with van der Waals surface area (Å²) in [6, 6.07) is 16.1. The predicted molar refractivity (Wildman–Crippen MR) is 106 cm³/mol. The topological polar surface area (TPSA) is 61.0 Å². The zero-order valence-electron chi connectivity index (χ0n) is 15.6. The van der Waals surface area contributed by atoms with Crippen LogP contribution in [-0.4, -0.2) is 27.4 Å². The van der Waals surface area contributed by atoms with E-state index in [9.17, 15) is 9.18 Å². The number of H-pyrrole nitrogens is 1. The number of amides is 2. The molecule has 0 spiro atoms. The van der Waals surface area contributed by atoms with Gasteiger partial charge in [-0.05, 0) is 37.0 Å². The van der Waals surface area contributed by atoms with E-state index >= 15 is 0 Å². The lowest BCUT2D eigenvalue weighted by molar-refractivity contribution is 0.147. The van der Waals surface area contributed by atoms with Crippen molar-refractivity contribution in [2.75, 3.05) is 6.54 Å². The first-order valence-corrected chi connectivity index (χ1v) is 9.60. The smallest absolute Gasteiger partial charge is 0.318 e. The predicted octanol–water partition coefficient (Wildman–Crippen LogP) is 4.65. The van der Waals surface area contributed by atoms with Crippen LogP contribution in [-0.2, 0) is 6.54 Å². The van der Waals surface area contributed by atoms with Crippen LogP contribution in [0, 0.1) is 5.82 Å². The molecule has 1 aliphatic heterocycles. The Morgan fingerprint density at radius 1 is 1.18 bits per heavy atom. The Bertz CT molecular complexity index is 940. The molecule has 144 valence electrons. The van der Waals surface area contributed by atoms with E-state index in [1.807, 2.05) is 41.3 Å². The number of likely N-dealkylation sites (tertiary alicyclic amines) is 1. The molecule has 0 aliphatic carbocycles. The van der Waals surface area contributed by atoms with Gasteiger partial charge in [-0.3, -0.25) is 0 Å². The number of halogens is 1. The van der Waals surface area contributed by atoms with Gasteiger partial charge in [0, 0.05) is 18.7 Å². The third-order valence-corrected chi connectivity index (χ3v) is 5.10. The van der Waals surface area contributed by atoms with Crippen LogP contribution >= 0.6 is 0 Å². The lowest BCUT2D eigenvalue weighted by Gasteiger charge is -2.34. The van der Waals surface area contributed by atoms with Gasteiger partial charge in [0.25, 0.3) is 0 Å². The maximum Gasteiger partial charge on any atom is 0.318 e. The fourth-order valence-electron chi connectivity index (χ4n) is 3.64. The van der Waals surface area contributed by atoms with Gasteiger partial charge in [0.05, 0.1) is 17.9 Å². The fourth-order valence-corrected chi connectivity index (χ4v) is 3.64. The molecule has 1 fully saturated rings. The monoisotopic (exact) mass is 378 g/mol. The van der Waals surface area contributed by atoms with E-state index in [-0.39, 0.29) is 17.9 Å². The minimum Gasteiger partial charge on any atom is -0.340 e. The molecule has 1 aromatic heterocycles. The zero-order chi connectivity index (χ0) is 19.3. The first-order chi connectivity index (χ1) is 13.7. The summed E-state index contributed by atoms with van der Waals surface area (Å²) < 4.78 is 13.5. The van der Waals surface area contributed by atoms with Crippen molar-refractivity contribution < 1.29 is 9.18 Å². The van der Waals surface area contributed by atoms with Crippen LogP contribution in [0.4, 0.5) is 9.18 Å². The minimum absolute atomic E-state index is 0.0859. The molecule has 0 radical (unpaired) electrons. The summed E-state index contributed by atoms with van der Waals surface area (Å²) in [5, 5.41) is 3.01. The van der Waals surface area contributed by atoms with Crippen molar-refractivity contribution in [3.63, 3.8) is 0 Å². The van der Waals surface area contributed by atoms with E-state index in [1.165, 1.54) is 12.1 Å². The lowest BCUT2D eigenvalue weighted by Crippen LogP contribution is -2.44. The van der Waals surface area contributed by atoms with Crippen LogP contribution in [0.5, 0.6) is 0 Å². The molecule has 2 heterocycles. The number of imidazole rings is 1. The lowest BCUT2D eigenvalue weighted by atomic mass is 10.0. The van der Waals surface area contributed by atoms with Gasteiger partial charge >= 0.3 is 6.03 Å². The third kappa shape index (κ3) is 4.06. The molecular weight excluding hydrogens is 355 g/mol. The molecule has 2 amide bonds.